The van der Waals surface area contributed by atoms with E-state index in [-0.39, 0.29) is 12.3 Å². The molecule has 1 atom stereocenters. The monoisotopic (exact) mass is 328 g/mol. The van der Waals surface area contributed by atoms with Crippen LogP contribution in [0.3, 0.4) is 0 Å². The van der Waals surface area contributed by atoms with Crippen molar-refractivity contribution in [3.05, 3.63) is 0 Å². The van der Waals surface area contributed by atoms with Crippen LogP contribution in [0.15, 0.2) is 0 Å². The van der Waals surface area contributed by atoms with E-state index in [1.165, 1.54) is 44.9 Å². The van der Waals surface area contributed by atoms with Gasteiger partial charge in [0.15, 0.2) is 0 Å². The van der Waals surface area contributed by atoms with Gasteiger partial charge in [0.05, 0.1) is 6.42 Å². The summed E-state index contributed by atoms with van der Waals surface area (Å²) in [6.07, 6.45) is 11.7. The van der Waals surface area contributed by atoms with Gasteiger partial charge in [-0.1, -0.05) is 64.7 Å². The molecular formula is C17H32N2O4. The fourth-order valence-corrected chi connectivity index (χ4v) is 2.44. The maximum Gasteiger partial charge on any atom is 0.326 e. The van der Waals surface area contributed by atoms with E-state index in [9.17, 15) is 14.4 Å². The molecule has 0 aromatic rings. The highest BCUT2D eigenvalue weighted by atomic mass is 16.4. The number of unbranched alkanes of at least 4 members (excludes halogenated alkanes) is 9. The summed E-state index contributed by atoms with van der Waals surface area (Å²) in [4.78, 5) is 33.3. The molecule has 0 aromatic heterocycles. The Morgan fingerprint density at radius 2 is 1.39 bits per heavy atom. The van der Waals surface area contributed by atoms with E-state index in [1.807, 2.05) is 0 Å². The van der Waals surface area contributed by atoms with Gasteiger partial charge in [0.2, 0.25) is 11.8 Å². The van der Waals surface area contributed by atoms with Crippen molar-refractivity contribution >= 4 is 17.8 Å². The minimum absolute atomic E-state index is 0.291. The summed E-state index contributed by atoms with van der Waals surface area (Å²) in [7, 11) is 0. The Morgan fingerprint density at radius 1 is 0.913 bits per heavy atom. The number of carbonyl (C=O) groups is 3. The number of carboxylic acids is 1. The number of carboxylic acid groups (broad SMARTS) is 1. The second kappa shape index (κ2) is 14.0. The van der Waals surface area contributed by atoms with E-state index < -0.39 is 17.9 Å². The molecule has 0 spiro atoms. The summed E-state index contributed by atoms with van der Waals surface area (Å²) in [5, 5.41) is 11.2. The van der Waals surface area contributed by atoms with Crippen LogP contribution >= 0.6 is 0 Å². The predicted molar refractivity (Wildman–Crippen MR) is 89.8 cm³/mol. The van der Waals surface area contributed by atoms with Crippen molar-refractivity contribution in [3.8, 4) is 0 Å². The molecule has 0 bridgehead atoms. The molecule has 6 heteroatoms. The third kappa shape index (κ3) is 13.8. The predicted octanol–water partition coefficient (Wildman–Crippen LogP) is 2.74. The molecule has 0 heterocycles. The summed E-state index contributed by atoms with van der Waals surface area (Å²) in [5.41, 5.74) is 4.96. The standard InChI is InChI=1S/C17H32N2O4/c1-2-3-4-5-6-7-8-9-10-11-12-16(21)19-14(17(22)23)13-15(18)20/h14H,2-13H2,1H3,(H2,18,20)(H,19,21)(H,22,23). The molecule has 0 radical (unpaired) electrons. The van der Waals surface area contributed by atoms with Gasteiger partial charge in [-0.05, 0) is 6.42 Å². The van der Waals surface area contributed by atoms with Crippen LogP contribution in [-0.4, -0.2) is 28.9 Å². The minimum Gasteiger partial charge on any atom is -0.480 e. The minimum atomic E-state index is -1.24. The first-order valence-electron chi connectivity index (χ1n) is 8.77. The lowest BCUT2D eigenvalue weighted by molar-refractivity contribution is -0.143. The summed E-state index contributed by atoms with van der Waals surface area (Å²) in [5.74, 6) is -2.31. The van der Waals surface area contributed by atoms with Crippen LogP contribution in [0.4, 0.5) is 0 Å². The van der Waals surface area contributed by atoms with Crippen LogP contribution in [0.2, 0.25) is 0 Å². The summed E-state index contributed by atoms with van der Waals surface area (Å²) >= 11 is 0. The largest absolute Gasteiger partial charge is 0.480 e. The fraction of sp³-hybridized carbons (Fsp3) is 0.824. The molecule has 0 aliphatic heterocycles. The van der Waals surface area contributed by atoms with E-state index in [0.29, 0.717) is 6.42 Å². The van der Waals surface area contributed by atoms with E-state index in [4.69, 9.17) is 10.8 Å². The van der Waals surface area contributed by atoms with Gasteiger partial charge in [0.25, 0.3) is 0 Å². The highest BCUT2D eigenvalue weighted by Crippen LogP contribution is 2.11. The Morgan fingerprint density at radius 3 is 1.83 bits per heavy atom. The molecule has 134 valence electrons. The van der Waals surface area contributed by atoms with Gasteiger partial charge >= 0.3 is 5.97 Å². The first-order chi connectivity index (χ1) is 11.0. The lowest BCUT2D eigenvalue weighted by Crippen LogP contribution is -2.43. The first kappa shape index (κ1) is 21.4. The number of primary amides is 1. The number of hydrogen-bond acceptors (Lipinski definition) is 3. The zero-order valence-electron chi connectivity index (χ0n) is 14.3. The lowest BCUT2D eigenvalue weighted by Gasteiger charge is -2.12. The quantitative estimate of drug-likeness (QED) is 0.401. The maximum atomic E-state index is 11.6. The summed E-state index contributed by atoms with van der Waals surface area (Å²) in [6.45, 7) is 2.21. The third-order valence-electron chi connectivity index (χ3n) is 3.80. The zero-order chi connectivity index (χ0) is 17.5. The molecule has 1 unspecified atom stereocenters. The van der Waals surface area contributed by atoms with E-state index in [1.54, 1.807) is 0 Å². The van der Waals surface area contributed by atoms with Gasteiger partial charge in [-0.25, -0.2) is 4.79 Å². The van der Waals surface area contributed by atoms with Gasteiger partial charge in [-0.15, -0.1) is 0 Å². The third-order valence-corrected chi connectivity index (χ3v) is 3.80. The number of nitrogens with one attached hydrogen (secondary N) is 1. The maximum absolute atomic E-state index is 11.6. The van der Waals surface area contributed by atoms with Gasteiger partial charge < -0.3 is 16.2 Å². The Kier molecular flexibility index (Phi) is 13.1. The average molecular weight is 328 g/mol. The molecule has 6 nitrogen and oxygen atoms in total. The van der Waals surface area contributed by atoms with Crippen LogP contribution in [-0.2, 0) is 14.4 Å². The highest BCUT2D eigenvalue weighted by molar-refractivity contribution is 5.88. The number of hydrogen-bond donors (Lipinski definition) is 3. The molecule has 2 amide bonds. The van der Waals surface area contributed by atoms with Crippen molar-refractivity contribution in [2.24, 2.45) is 5.73 Å². The van der Waals surface area contributed by atoms with Gasteiger partial charge in [0.1, 0.15) is 6.04 Å². The number of nitrogens with two attached hydrogens (primary N) is 1. The average Bonchev–Trinajstić information content (AvgIpc) is 2.48. The molecule has 0 saturated carbocycles. The topological polar surface area (TPSA) is 109 Å². The normalized spacial score (nSPS) is 11.9. The van der Waals surface area contributed by atoms with Crippen LogP contribution in [0, 0.1) is 0 Å². The lowest BCUT2D eigenvalue weighted by atomic mass is 10.1. The first-order valence-corrected chi connectivity index (χ1v) is 8.77. The number of aliphatic carboxylic acids is 1. The van der Waals surface area contributed by atoms with Crippen LogP contribution in [0.1, 0.15) is 84.0 Å². The van der Waals surface area contributed by atoms with E-state index in [2.05, 4.69) is 12.2 Å². The zero-order valence-corrected chi connectivity index (χ0v) is 14.3. The smallest absolute Gasteiger partial charge is 0.326 e. The Balaban J connectivity index is 3.59. The Hall–Kier alpha value is -1.59. The second-order valence-corrected chi connectivity index (χ2v) is 6.06. The van der Waals surface area contributed by atoms with Gasteiger partial charge in [-0.3, -0.25) is 9.59 Å². The fourth-order valence-electron chi connectivity index (χ4n) is 2.44. The van der Waals surface area contributed by atoms with Crippen molar-refractivity contribution in [3.63, 3.8) is 0 Å². The number of rotatable bonds is 15. The number of amides is 2. The van der Waals surface area contributed by atoms with Crippen molar-refractivity contribution in [1.29, 1.82) is 0 Å². The molecular weight excluding hydrogens is 296 g/mol. The van der Waals surface area contributed by atoms with Crippen LogP contribution < -0.4 is 11.1 Å². The molecule has 0 aromatic carbocycles. The Bertz CT molecular complexity index is 359. The van der Waals surface area contributed by atoms with Crippen LogP contribution in [0.25, 0.3) is 0 Å². The molecule has 23 heavy (non-hydrogen) atoms. The molecule has 4 N–H and O–H groups in total. The number of carbonyl (C=O) groups excluding carboxylic acids is 2. The van der Waals surface area contributed by atoms with Crippen molar-refractivity contribution < 1.29 is 19.5 Å². The van der Waals surface area contributed by atoms with Crippen molar-refractivity contribution in [2.75, 3.05) is 0 Å². The van der Waals surface area contributed by atoms with E-state index in [0.717, 1.165) is 19.3 Å². The van der Waals surface area contributed by atoms with Crippen molar-refractivity contribution in [1.82, 2.24) is 5.32 Å². The highest BCUT2D eigenvalue weighted by Gasteiger charge is 2.21. The molecule has 0 aliphatic rings. The molecule has 0 saturated heterocycles. The van der Waals surface area contributed by atoms with Gasteiger partial charge in [0, 0.05) is 6.42 Å². The Labute approximate surface area is 139 Å². The SMILES string of the molecule is CCCCCCCCCCCCC(=O)NC(CC(N)=O)C(=O)O. The second-order valence-electron chi connectivity index (χ2n) is 6.06. The molecule has 0 fully saturated rings. The van der Waals surface area contributed by atoms with Crippen LogP contribution in [0.5, 0.6) is 0 Å². The summed E-state index contributed by atoms with van der Waals surface area (Å²) < 4.78 is 0. The molecule has 0 aliphatic carbocycles. The summed E-state index contributed by atoms with van der Waals surface area (Å²) in [6, 6.07) is -1.22. The van der Waals surface area contributed by atoms with E-state index >= 15 is 0 Å². The van der Waals surface area contributed by atoms with Crippen molar-refractivity contribution in [2.45, 2.75) is 90.0 Å². The molecule has 0 rings (SSSR count). The van der Waals surface area contributed by atoms with Gasteiger partial charge in [-0.2, -0.15) is 0 Å².